The fourth-order valence-electron chi connectivity index (χ4n) is 2.20. The summed E-state index contributed by atoms with van der Waals surface area (Å²) < 4.78 is 25.2. The van der Waals surface area contributed by atoms with E-state index in [4.69, 9.17) is 11.6 Å². The molecular weight excluding hydrogens is 392 g/mol. The van der Waals surface area contributed by atoms with Gasteiger partial charge in [-0.3, -0.25) is 9.10 Å². The molecule has 0 saturated carbocycles. The van der Waals surface area contributed by atoms with E-state index >= 15 is 0 Å². The molecule has 5 nitrogen and oxygen atoms in total. The standard InChI is InChI=1S/C18H21ClN2O3S2/c1-14-8-9-15(12-17(14)19)21(26(2,23)24)13-18(22)20-10-11-25-16-6-4-3-5-7-16/h3-9,12H,10-11,13H2,1-2H3,(H,20,22). The maximum Gasteiger partial charge on any atom is 0.240 e. The van der Waals surface area contributed by atoms with Crippen LogP contribution in [0.1, 0.15) is 5.56 Å². The molecule has 0 saturated heterocycles. The van der Waals surface area contributed by atoms with Crippen LogP contribution in [-0.4, -0.2) is 39.4 Å². The van der Waals surface area contributed by atoms with Crippen molar-refractivity contribution >= 4 is 45.0 Å². The predicted molar refractivity (Wildman–Crippen MR) is 109 cm³/mol. The number of benzene rings is 2. The zero-order valence-electron chi connectivity index (χ0n) is 14.6. The molecule has 0 bridgehead atoms. The Hall–Kier alpha value is -1.70. The maximum absolute atomic E-state index is 12.2. The van der Waals surface area contributed by atoms with E-state index in [0.717, 1.165) is 21.0 Å². The Kier molecular flexibility index (Phi) is 7.37. The summed E-state index contributed by atoms with van der Waals surface area (Å²) in [5, 5.41) is 3.21. The molecule has 0 heterocycles. The molecule has 2 aromatic carbocycles. The second-order valence-corrected chi connectivity index (χ2v) is 9.20. The summed E-state index contributed by atoms with van der Waals surface area (Å²) in [7, 11) is -3.61. The zero-order chi connectivity index (χ0) is 19.2. The lowest BCUT2D eigenvalue weighted by Crippen LogP contribution is -2.41. The molecule has 0 fully saturated rings. The smallest absolute Gasteiger partial charge is 0.240 e. The van der Waals surface area contributed by atoms with E-state index in [1.165, 1.54) is 0 Å². The second kappa shape index (κ2) is 9.30. The van der Waals surface area contributed by atoms with Gasteiger partial charge in [0.15, 0.2) is 0 Å². The highest BCUT2D eigenvalue weighted by Gasteiger charge is 2.21. The highest BCUT2D eigenvalue weighted by Crippen LogP contribution is 2.24. The van der Waals surface area contributed by atoms with Gasteiger partial charge in [0.25, 0.3) is 0 Å². The van der Waals surface area contributed by atoms with Crippen molar-refractivity contribution in [2.45, 2.75) is 11.8 Å². The topological polar surface area (TPSA) is 66.5 Å². The van der Waals surface area contributed by atoms with Crippen molar-refractivity contribution in [2.75, 3.05) is 29.4 Å². The van der Waals surface area contributed by atoms with Gasteiger partial charge in [-0.15, -0.1) is 11.8 Å². The predicted octanol–water partition coefficient (Wildman–Crippen LogP) is 3.32. The van der Waals surface area contributed by atoms with Gasteiger partial charge in [0, 0.05) is 22.2 Å². The number of sulfonamides is 1. The minimum absolute atomic E-state index is 0.284. The Morgan fingerprint density at radius 3 is 2.50 bits per heavy atom. The lowest BCUT2D eigenvalue weighted by Gasteiger charge is -2.22. The van der Waals surface area contributed by atoms with Crippen LogP contribution in [0.15, 0.2) is 53.4 Å². The molecule has 1 amide bonds. The van der Waals surface area contributed by atoms with Crippen LogP contribution >= 0.6 is 23.4 Å². The van der Waals surface area contributed by atoms with E-state index in [0.29, 0.717) is 23.0 Å². The molecule has 0 aliphatic carbocycles. The average Bonchev–Trinajstić information content (AvgIpc) is 2.59. The molecule has 0 aromatic heterocycles. The largest absolute Gasteiger partial charge is 0.354 e. The molecular formula is C18H21ClN2O3S2. The third-order valence-electron chi connectivity index (χ3n) is 3.57. The molecule has 2 rings (SSSR count). The van der Waals surface area contributed by atoms with Gasteiger partial charge in [-0.2, -0.15) is 0 Å². The minimum atomic E-state index is -3.61. The van der Waals surface area contributed by atoms with Crippen molar-refractivity contribution in [2.24, 2.45) is 0 Å². The minimum Gasteiger partial charge on any atom is -0.354 e. The quantitative estimate of drug-likeness (QED) is 0.533. The van der Waals surface area contributed by atoms with Gasteiger partial charge in [0.05, 0.1) is 11.9 Å². The first kappa shape index (κ1) is 20.6. The fraction of sp³-hybridized carbons (Fsp3) is 0.278. The molecule has 0 unspecified atom stereocenters. The van der Waals surface area contributed by atoms with Crippen molar-refractivity contribution in [1.82, 2.24) is 5.32 Å². The lowest BCUT2D eigenvalue weighted by molar-refractivity contribution is -0.119. The molecule has 8 heteroatoms. The van der Waals surface area contributed by atoms with E-state index in [-0.39, 0.29) is 12.5 Å². The van der Waals surface area contributed by atoms with Crippen molar-refractivity contribution in [1.29, 1.82) is 0 Å². The number of amides is 1. The Morgan fingerprint density at radius 1 is 1.19 bits per heavy atom. The number of anilines is 1. The first-order valence-electron chi connectivity index (χ1n) is 7.96. The van der Waals surface area contributed by atoms with E-state index in [9.17, 15) is 13.2 Å². The van der Waals surface area contributed by atoms with Crippen molar-refractivity contribution in [3.05, 3.63) is 59.1 Å². The van der Waals surface area contributed by atoms with Crippen LogP contribution < -0.4 is 9.62 Å². The van der Waals surface area contributed by atoms with Gasteiger partial charge in [-0.1, -0.05) is 35.9 Å². The third-order valence-corrected chi connectivity index (χ3v) is 6.13. The molecule has 26 heavy (non-hydrogen) atoms. The summed E-state index contributed by atoms with van der Waals surface area (Å²) in [6.45, 7) is 1.99. The zero-order valence-corrected chi connectivity index (χ0v) is 17.0. The van der Waals surface area contributed by atoms with E-state index in [1.54, 1.807) is 30.0 Å². The normalized spacial score (nSPS) is 11.2. The van der Waals surface area contributed by atoms with Crippen LogP contribution in [0.25, 0.3) is 0 Å². The Bertz CT molecular complexity index is 858. The Morgan fingerprint density at radius 2 is 1.88 bits per heavy atom. The van der Waals surface area contributed by atoms with Crippen LogP contribution in [-0.2, 0) is 14.8 Å². The number of aryl methyl sites for hydroxylation is 1. The molecule has 0 atom stereocenters. The third kappa shape index (κ3) is 6.23. The van der Waals surface area contributed by atoms with Gasteiger partial charge in [0.1, 0.15) is 6.54 Å². The molecule has 0 aliphatic heterocycles. The van der Waals surface area contributed by atoms with Gasteiger partial charge >= 0.3 is 0 Å². The van der Waals surface area contributed by atoms with Crippen LogP contribution in [0, 0.1) is 6.92 Å². The van der Waals surface area contributed by atoms with E-state index < -0.39 is 10.0 Å². The molecule has 0 radical (unpaired) electrons. The van der Waals surface area contributed by atoms with Gasteiger partial charge in [0.2, 0.25) is 15.9 Å². The molecule has 2 aromatic rings. The number of carbonyl (C=O) groups is 1. The summed E-state index contributed by atoms with van der Waals surface area (Å²) in [5.41, 5.74) is 1.21. The second-order valence-electron chi connectivity index (χ2n) is 5.71. The number of hydrogen-bond acceptors (Lipinski definition) is 4. The van der Waals surface area contributed by atoms with Crippen LogP contribution in [0.2, 0.25) is 5.02 Å². The Labute approximate surface area is 163 Å². The lowest BCUT2D eigenvalue weighted by atomic mass is 10.2. The molecule has 0 aliphatic rings. The van der Waals surface area contributed by atoms with Crippen molar-refractivity contribution in [3.63, 3.8) is 0 Å². The number of thioether (sulfide) groups is 1. The average molecular weight is 413 g/mol. The Balaban J connectivity index is 1.93. The van der Waals surface area contributed by atoms with Crippen molar-refractivity contribution in [3.8, 4) is 0 Å². The number of nitrogens with zero attached hydrogens (tertiary/aromatic N) is 1. The van der Waals surface area contributed by atoms with Gasteiger partial charge < -0.3 is 5.32 Å². The number of carbonyl (C=O) groups excluding carboxylic acids is 1. The van der Waals surface area contributed by atoms with Crippen LogP contribution in [0.5, 0.6) is 0 Å². The van der Waals surface area contributed by atoms with E-state index in [1.807, 2.05) is 37.3 Å². The number of nitrogens with one attached hydrogen (secondary N) is 1. The van der Waals surface area contributed by atoms with Gasteiger partial charge in [-0.05, 0) is 36.8 Å². The monoisotopic (exact) mass is 412 g/mol. The molecule has 140 valence electrons. The summed E-state index contributed by atoms with van der Waals surface area (Å²) in [5.74, 6) is 0.339. The molecule has 1 N–H and O–H groups in total. The summed E-state index contributed by atoms with van der Waals surface area (Å²) in [6.07, 6.45) is 1.07. The van der Waals surface area contributed by atoms with E-state index in [2.05, 4.69) is 5.32 Å². The SMILES string of the molecule is Cc1ccc(N(CC(=O)NCCSc2ccccc2)S(C)(=O)=O)cc1Cl. The highest BCUT2D eigenvalue weighted by atomic mass is 35.5. The van der Waals surface area contributed by atoms with Crippen LogP contribution in [0.3, 0.4) is 0 Å². The summed E-state index contributed by atoms with van der Waals surface area (Å²) in [4.78, 5) is 13.3. The number of rotatable bonds is 8. The highest BCUT2D eigenvalue weighted by molar-refractivity contribution is 7.99. The van der Waals surface area contributed by atoms with Crippen LogP contribution in [0.4, 0.5) is 5.69 Å². The first-order chi connectivity index (χ1) is 12.3. The maximum atomic E-state index is 12.2. The first-order valence-corrected chi connectivity index (χ1v) is 11.2. The van der Waals surface area contributed by atoms with Crippen molar-refractivity contribution < 1.29 is 13.2 Å². The number of hydrogen-bond donors (Lipinski definition) is 1. The molecule has 0 spiro atoms. The fourth-order valence-corrected chi connectivity index (χ4v) is 4.01. The van der Waals surface area contributed by atoms with Gasteiger partial charge in [-0.25, -0.2) is 8.42 Å². The summed E-state index contributed by atoms with van der Waals surface area (Å²) >= 11 is 7.70. The number of halogens is 1. The summed E-state index contributed by atoms with van der Waals surface area (Å²) in [6, 6.07) is 14.8.